The average Bonchev–Trinajstić information content (AvgIpc) is 2.91. The van der Waals surface area contributed by atoms with Crippen molar-refractivity contribution in [3.05, 3.63) is 0 Å². The summed E-state index contributed by atoms with van der Waals surface area (Å²) in [6, 6.07) is 0. The second-order valence-electron chi connectivity index (χ2n) is 5.02. The lowest BCUT2D eigenvalue weighted by Gasteiger charge is -2.13. The van der Waals surface area contributed by atoms with E-state index in [1.807, 2.05) is 6.92 Å². The van der Waals surface area contributed by atoms with Crippen LogP contribution in [0.1, 0.15) is 19.8 Å². The lowest BCUT2D eigenvalue weighted by molar-refractivity contribution is 0.117. The first kappa shape index (κ1) is 18.2. The topological polar surface area (TPSA) is 89.0 Å². The predicted molar refractivity (Wildman–Crippen MR) is 83.5 cm³/mol. The SMILES string of the molecule is CCNC(=NCC1CCCO1)NCCOCCS(C)(=O)=O. The summed E-state index contributed by atoms with van der Waals surface area (Å²) < 4.78 is 32.7. The van der Waals surface area contributed by atoms with Gasteiger partial charge in [0, 0.05) is 26.0 Å². The largest absolute Gasteiger partial charge is 0.379 e. The van der Waals surface area contributed by atoms with Crippen LogP contribution in [-0.4, -0.2) is 71.9 Å². The van der Waals surface area contributed by atoms with Gasteiger partial charge in [-0.1, -0.05) is 0 Å². The van der Waals surface area contributed by atoms with E-state index in [0.717, 1.165) is 32.0 Å². The third-order valence-electron chi connectivity index (χ3n) is 2.96. The fourth-order valence-corrected chi connectivity index (χ4v) is 2.30. The third-order valence-corrected chi connectivity index (χ3v) is 3.87. The van der Waals surface area contributed by atoms with E-state index in [-0.39, 0.29) is 18.5 Å². The van der Waals surface area contributed by atoms with E-state index in [2.05, 4.69) is 15.6 Å². The lowest BCUT2D eigenvalue weighted by atomic mass is 10.2. The Morgan fingerprint density at radius 1 is 1.38 bits per heavy atom. The first-order chi connectivity index (χ1) is 10.0. The predicted octanol–water partition coefficient (Wildman–Crippen LogP) is -0.218. The summed E-state index contributed by atoms with van der Waals surface area (Å²) in [4.78, 5) is 4.47. The Kier molecular flexibility index (Phi) is 8.63. The van der Waals surface area contributed by atoms with Gasteiger partial charge in [-0.3, -0.25) is 4.99 Å². The molecule has 1 rings (SSSR count). The van der Waals surface area contributed by atoms with Gasteiger partial charge in [0.15, 0.2) is 5.96 Å². The van der Waals surface area contributed by atoms with E-state index < -0.39 is 9.84 Å². The average molecular weight is 321 g/mol. The highest BCUT2D eigenvalue weighted by molar-refractivity contribution is 7.90. The van der Waals surface area contributed by atoms with E-state index >= 15 is 0 Å². The van der Waals surface area contributed by atoms with Crippen molar-refractivity contribution in [1.29, 1.82) is 0 Å². The molecule has 0 radical (unpaired) electrons. The highest BCUT2D eigenvalue weighted by Crippen LogP contribution is 2.11. The Bertz CT molecular complexity index is 406. The number of guanidine groups is 1. The highest BCUT2D eigenvalue weighted by Gasteiger charge is 2.14. The smallest absolute Gasteiger partial charge is 0.191 e. The normalized spacial score (nSPS) is 19.7. The molecular formula is C13H27N3O4S. The molecule has 0 aromatic rings. The molecule has 8 heteroatoms. The quantitative estimate of drug-likeness (QED) is 0.347. The molecule has 124 valence electrons. The summed E-state index contributed by atoms with van der Waals surface area (Å²) in [5.41, 5.74) is 0. The Labute approximate surface area is 127 Å². The number of hydrogen-bond acceptors (Lipinski definition) is 5. The second kappa shape index (κ2) is 9.97. The van der Waals surface area contributed by atoms with Gasteiger partial charge in [0.05, 0.1) is 31.6 Å². The summed E-state index contributed by atoms with van der Waals surface area (Å²) in [5, 5.41) is 6.30. The molecule has 0 aliphatic carbocycles. The number of nitrogens with one attached hydrogen (secondary N) is 2. The van der Waals surface area contributed by atoms with E-state index in [4.69, 9.17) is 9.47 Å². The van der Waals surface area contributed by atoms with Crippen LogP contribution >= 0.6 is 0 Å². The summed E-state index contributed by atoms with van der Waals surface area (Å²) in [6.45, 7) is 5.53. The Morgan fingerprint density at radius 3 is 2.81 bits per heavy atom. The molecule has 1 fully saturated rings. The van der Waals surface area contributed by atoms with Crippen molar-refractivity contribution in [2.45, 2.75) is 25.9 Å². The molecule has 1 atom stereocenters. The molecule has 1 unspecified atom stereocenters. The molecule has 1 heterocycles. The molecular weight excluding hydrogens is 294 g/mol. The van der Waals surface area contributed by atoms with Crippen molar-refractivity contribution in [2.24, 2.45) is 4.99 Å². The van der Waals surface area contributed by atoms with Gasteiger partial charge >= 0.3 is 0 Å². The van der Waals surface area contributed by atoms with Crippen molar-refractivity contribution in [1.82, 2.24) is 10.6 Å². The molecule has 1 aliphatic rings. The van der Waals surface area contributed by atoms with Crippen LogP contribution in [-0.2, 0) is 19.3 Å². The molecule has 0 bridgehead atoms. The molecule has 21 heavy (non-hydrogen) atoms. The fourth-order valence-electron chi connectivity index (χ4n) is 1.88. The van der Waals surface area contributed by atoms with E-state index in [9.17, 15) is 8.42 Å². The third kappa shape index (κ3) is 9.65. The molecule has 2 N–H and O–H groups in total. The first-order valence-electron chi connectivity index (χ1n) is 7.40. The van der Waals surface area contributed by atoms with Crippen LogP contribution in [0.25, 0.3) is 0 Å². The van der Waals surface area contributed by atoms with Gasteiger partial charge in [-0.2, -0.15) is 0 Å². The van der Waals surface area contributed by atoms with Crippen LogP contribution in [0, 0.1) is 0 Å². The maximum Gasteiger partial charge on any atom is 0.191 e. The van der Waals surface area contributed by atoms with Gasteiger partial charge in [0.2, 0.25) is 0 Å². The van der Waals surface area contributed by atoms with E-state index in [1.165, 1.54) is 6.26 Å². The number of hydrogen-bond donors (Lipinski definition) is 2. The highest BCUT2D eigenvalue weighted by atomic mass is 32.2. The number of sulfone groups is 1. The number of rotatable bonds is 9. The van der Waals surface area contributed by atoms with Gasteiger partial charge in [-0.05, 0) is 19.8 Å². The minimum absolute atomic E-state index is 0.0557. The van der Waals surface area contributed by atoms with Gasteiger partial charge in [-0.25, -0.2) is 8.42 Å². The summed E-state index contributed by atoms with van der Waals surface area (Å²) in [7, 11) is -2.95. The Hall–Kier alpha value is -0.860. The lowest BCUT2D eigenvalue weighted by Crippen LogP contribution is -2.39. The Morgan fingerprint density at radius 2 is 2.19 bits per heavy atom. The monoisotopic (exact) mass is 321 g/mol. The maximum atomic E-state index is 10.9. The van der Waals surface area contributed by atoms with Crippen LogP contribution in [0.4, 0.5) is 0 Å². The van der Waals surface area contributed by atoms with Crippen LogP contribution in [0.2, 0.25) is 0 Å². The summed E-state index contributed by atoms with van der Waals surface area (Å²) in [5.74, 6) is 0.792. The summed E-state index contributed by atoms with van der Waals surface area (Å²) in [6.07, 6.45) is 3.61. The van der Waals surface area contributed by atoms with Crippen molar-refractivity contribution in [3.63, 3.8) is 0 Å². The van der Waals surface area contributed by atoms with Crippen LogP contribution in [0.3, 0.4) is 0 Å². The molecule has 0 saturated carbocycles. The minimum Gasteiger partial charge on any atom is -0.379 e. The minimum atomic E-state index is -2.95. The van der Waals surface area contributed by atoms with Gasteiger partial charge in [0.25, 0.3) is 0 Å². The Balaban J connectivity index is 2.16. The number of aliphatic imine (C=N–C) groups is 1. The molecule has 0 aromatic heterocycles. The van der Waals surface area contributed by atoms with E-state index in [1.54, 1.807) is 0 Å². The van der Waals surface area contributed by atoms with Crippen molar-refractivity contribution >= 4 is 15.8 Å². The molecule has 0 aromatic carbocycles. The molecule has 1 saturated heterocycles. The molecule has 0 spiro atoms. The van der Waals surface area contributed by atoms with Gasteiger partial charge in [-0.15, -0.1) is 0 Å². The maximum absolute atomic E-state index is 10.9. The standard InChI is InChI=1S/C13H27N3O4S/c1-3-14-13(16-11-12-5-4-7-20-12)15-6-8-19-9-10-21(2,17)18/h12H,3-11H2,1-2H3,(H2,14,15,16). The van der Waals surface area contributed by atoms with Gasteiger partial charge < -0.3 is 20.1 Å². The molecule has 1 aliphatic heterocycles. The first-order valence-corrected chi connectivity index (χ1v) is 9.46. The summed E-state index contributed by atoms with van der Waals surface area (Å²) >= 11 is 0. The molecule has 0 amide bonds. The van der Waals surface area contributed by atoms with Crippen LogP contribution < -0.4 is 10.6 Å². The second-order valence-corrected chi connectivity index (χ2v) is 7.28. The van der Waals surface area contributed by atoms with Gasteiger partial charge in [0.1, 0.15) is 9.84 Å². The van der Waals surface area contributed by atoms with Crippen LogP contribution in [0.5, 0.6) is 0 Å². The number of nitrogens with zero attached hydrogens (tertiary/aromatic N) is 1. The van der Waals surface area contributed by atoms with E-state index in [0.29, 0.717) is 19.7 Å². The number of ether oxygens (including phenoxy) is 2. The zero-order valence-electron chi connectivity index (χ0n) is 12.9. The fraction of sp³-hybridized carbons (Fsp3) is 0.923. The zero-order chi connectivity index (χ0) is 15.6. The van der Waals surface area contributed by atoms with Crippen LogP contribution in [0.15, 0.2) is 4.99 Å². The zero-order valence-corrected chi connectivity index (χ0v) is 13.7. The van der Waals surface area contributed by atoms with Crippen molar-refractivity contribution in [3.8, 4) is 0 Å². The van der Waals surface area contributed by atoms with Crippen molar-refractivity contribution in [2.75, 3.05) is 51.5 Å². The van der Waals surface area contributed by atoms with Crippen molar-refractivity contribution < 1.29 is 17.9 Å². The molecule has 7 nitrogen and oxygen atoms in total.